The van der Waals surface area contributed by atoms with Crippen molar-refractivity contribution in [3.8, 4) is 0 Å². The third kappa shape index (κ3) is 4.53. The molecule has 1 unspecified atom stereocenters. The van der Waals surface area contributed by atoms with Gasteiger partial charge in [0.05, 0.1) is 10.8 Å². The van der Waals surface area contributed by atoms with Crippen LogP contribution in [0, 0.1) is 13.8 Å². The number of thioether (sulfide) groups is 1. The molecule has 2 aromatic carbocycles. The Hall–Kier alpha value is -2.36. The largest absolute Gasteiger partial charge is 0.324 e. The molecule has 160 valence electrons. The molecule has 0 saturated carbocycles. The van der Waals surface area contributed by atoms with Gasteiger partial charge in [0, 0.05) is 31.1 Å². The average molecular weight is 448 g/mol. The smallest absolute Gasteiger partial charge is 0.255 e. The molecule has 2 amide bonds. The monoisotopic (exact) mass is 447 g/mol. The van der Waals surface area contributed by atoms with Gasteiger partial charge < -0.3 is 10.2 Å². The third-order valence-electron chi connectivity index (χ3n) is 5.10. The molecule has 1 N–H and O–H groups in total. The van der Waals surface area contributed by atoms with Gasteiger partial charge in [0.1, 0.15) is 6.04 Å². The van der Waals surface area contributed by atoms with Gasteiger partial charge in [0.15, 0.2) is 0 Å². The predicted molar refractivity (Wildman–Crippen MR) is 119 cm³/mol. The summed E-state index contributed by atoms with van der Waals surface area (Å²) >= 11 is 1.51. The van der Waals surface area contributed by atoms with E-state index in [1.807, 2.05) is 32.0 Å². The summed E-state index contributed by atoms with van der Waals surface area (Å²) in [6.07, 6.45) is 0. The van der Waals surface area contributed by atoms with Crippen molar-refractivity contribution >= 4 is 39.3 Å². The molecule has 7 nitrogen and oxygen atoms in total. The SMILES string of the molecule is Cc1ccc(NC(=O)C2CSCN2C(=O)c2ccc(S(=O)(=O)N(C)C)cc2)cc1C. The van der Waals surface area contributed by atoms with Crippen molar-refractivity contribution in [3.63, 3.8) is 0 Å². The fourth-order valence-corrected chi connectivity index (χ4v) is 5.11. The summed E-state index contributed by atoms with van der Waals surface area (Å²) in [6.45, 7) is 3.98. The van der Waals surface area contributed by atoms with Crippen LogP contribution in [0.3, 0.4) is 0 Å². The normalized spacial score (nSPS) is 16.7. The molecule has 1 heterocycles. The van der Waals surface area contributed by atoms with Crippen molar-refractivity contribution in [2.45, 2.75) is 24.8 Å². The van der Waals surface area contributed by atoms with E-state index in [-0.39, 0.29) is 16.7 Å². The number of benzene rings is 2. The average Bonchev–Trinajstić information content (AvgIpc) is 3.20. The second-order valence-corrected chi connectivity index (χ2v) is 10.5. The van der Waals surface area contributed by atoms with Gasteiger partial charge in [-0.3, -0.25) is 9.59 Å². The van der Waals surface area contributed by atoms with Gasteiger partial charge >= 0.3 is 0 Å². The molecule has 1 aliphatic rings. The molecule has 9 heteroatoms. The van der Waals surface area contributed by atoms with Crippen LogP contribution in [0.25, 0.3) is 0 Å². The Morgan fingerprint density at radius 2 is 1.73 bits per heavy atom. The van der Waals surface area contributed by atoms with Crippen LogP contribution in [-0.4, -0.2) is 61.2 Å². The summed E-state index contributed by atoms with van der Waals surface area (Å²) in [5.74, 6) is 0.384. The topological polar surface area (TPSA) is 86.8 Å². The van der Waals surface area contributed by atoms with E-state index in [0.717, 1.165) is 15.4 Å². The number of hydrogen-bond donors (Lipinski definition) is 1. The lowest BCUT2D eigenvalue weighted by Gasteiger charge is -2.23. The maximum absolute atomic E-state index is 13.0. The molecule has 3 rings (SSSR count). The fraction of sp³-hybridized carbons (Fsp3) is 0.333. The summed E-state index contributed by atoms with van der Waals surface area (Å²) in [6, 6.07) is 10.9. The van der Waals surface area contributed by atoms with Gasteiger partial charge in [0.25, 0.3) is 5.91 Å². The van der Waals surface area contributed by atoms with E-state index in [1.54, 1.807) is 0 Å². The number of rotatable bonds is 5. The molecule has 0 radical (unpaired) electrons. The van der Waals surface area contributed by atoms with Crippen LogP contribution in [0.1, 0.15) is 21.5 Å². The summed E-state index contributed by atoms with van der Waals surface area (Å²) in [5.41, 5.74) is 3.26. The van der Waals surface area contributed by atoms with Crippen LogP contribution >= 0.6 is 11.8 Å². The highest BCUT2D eigenvalue weighted by Crippen LogP contribution is 2.25. The van der Waals surface area contributed by atoms with E-state index in [0.29, 0.717) is 22.9 Å². The first-order valence-corrected chi connectivity index (χ1v) is 12.0. The number of hydrogen-bond acceptors (Lipinski definition) is 5. The van der Waals surface area contributed by atoms with Gasteiger partial charge in [-0.1, -0.05) is 6.07 Å². The first kappa shape index (κ1) is 22.3. The van der Waals surface area contributed by atoms with Crippen molar-refractivity contribution in [1.82, 2.24) is 9.21 Å². The zero-order chi connectivity index (χ0) is 22.1. The minimum atomic E-state index is -3.56. The zero-order valence-corrected chi connectivity index (χ0v) is 19.0. The first-order chi connectivity index (χ1) is 14.1. The molecule has 2 aromatic rings. The summed E-state index contributed by atoms with van der Waals surface area (Å²) in [4.78, 5) is 27.4. The summed E-state index contributed by atoms with van der Waals surface area (Å²) in [7, 11) is -0.658. The third-order valence-corrected chi connectivity index (χ3v) is 7.94. The molecule has 1 atom stereocenters. The second kappa shape index (κ2) is 8.79. The summed E-state index contributed by atoms with van der Waals surface area (Å²) < 4.78 is 25.5. The van der Waals surface area contributed by atoms with Crippen molar-refractivity contribution in [2.24, 2.45) is 0 Å². The van der Waals surface area contributed by atoms with Crippen LogP contribution in [0.15, 0.2) is 47.4 Å². The molecule has 0 aliphatic carbocycles. The maximum atomic E-state index is 13.0. The Kier molecular flexibility index (Phi) is 6.54. The lowest BCUT2D eigenvalue weighted by molar-refractivity contribution is -0.119. The second-order valence-electron chi connectivity index (χ2n) is 7.39. The Morgan fingerprint density at radius 3 is 2.33 bits per heavy atom. The molecular weight excluding hydrogens is 422 g/mol. The molecule has 1 saturated heterocycles. The minimum Gasteiger partial charge on any atom is -0.324 e. The maximum Gasteiger partial charge on any atom is 0.255 e. The molecule has 0 spiro atoms. The number of anilines is 1. The molecule has 0 aromatic heterocycles. The van der Waals surface area contributed by atoms with Crippen LogP contribution in [0.4, 0.5) is 5.69 Å². The van der Waals surface area contributed by atoms with Gasteiger partial charge in [0.2, 0.25) is 15.9 Å². The highest BCUT2D eigenvalue weighted by molar-refractivity contribution is 7.99. The van der Waals surface area contributed by atoms with Crippen LogP contribution in [0.5, 0.6) is 0 Å². The Labute approximate surface area is 181 Å². The Balaban J connectivity index is 1.75. The number of nitrogens with zero attached hydrogens (tertiary/aromatic N) is 2. The number of aryl methyl sites for hydroxylation is 2. The van der Waals surface area contributed by atoms with Crippen LogP contribution < -0.4 is 5.32 Å². The van der Waals surface area contributed by atoms with E-state index in [9.17, 15) is 18.0 Å². The quantitative estimate of drug-likeness (QED) is 0.762. The Morgan fingerprint density at radius 1 is 1.07 bits per heavy atom. The van der Waals surface area contributed by atoms with E-state index < -0.39 is 16.1 Å². The molecular formula is C21H25N3O4S2. The number of amides is 2. The van der Waals surface area contributed by atoms with Crippen molar-refractivity contribution in [3.05, 3.63) is 59.2 Å². The van der Waals surface area contributed by atoms with Crippen molar-refractivity contribution < 1.29 is 18.0 Å². The van der Waals surface area contributed by atoms with Gasteiger partial charge in [-0.2, -0.15) is 0 Å². The van der Waals surface area contributed by atoms with E-state index in [1.165, 1.54) is 55.0 Å². The molecule has 30 heavy (non-hydrogen) atoms. The highest BCUT2D eigenvalue weighted by Gasteiger charge is 2.35. The van der Waals surface area contributed by atoms with Gasteiger partial charge in [-0.15, -0.1) is 11.8 Å². The summed E-state index contributed by atoms with van der Waals surface area (Å²) in [5, 5.41) is 2.90. The predicted octanol–water partition coefficient (Wildman–Crippen LogP) is 2.71. The fourth-order valence-electron chi connectivity index (χ4n) is 3.05. The van der Waals surface area contributed by atoms with Crippen molar-refractivity contribution in [1.29, 1.82) is 0 Å². The lowest BCUT2D eigenvalue weighted by atomic mass is 10.1. The van der Waals surface area contributed by atoms with E-state index >= 15 is 0 Å². The molecule has 0 bridgehead atoms. The van der Waals surface area contributed by atoms with Crippen molar-refractivity contribution in [2.75, 3.05) is 31.0 Å². The number of sulfonamides is 1. The number of carbonyl (C=O) groups is 2. The van der Waals surface area contributed by atoms with Crippen LogP contribution in [-0.2, 0) is 14.8 Å². The number of carbonyl (C=O) groups excluding carboxylic acids is 2. The standard InChI is InChI=1S/C21H25N3O4S2/c1-14-5-8-17(11-15(14)2)22-20(25)19-12-29-13-24(19)21(26)16-6-9-18(10-7-16)30(27,28)23(3)4/h5-11,19H,12-13H2,1-4H3,(H,22,25). The van der Waals surface area contributed by atoms with E-state index in [4.69, 9.17) is 0 Å². The lowest BCUT2D eigenvalue weighted by Crippen LogP contribution is -2.44. The minimum absolute atomic E-state index is 0.115. The Bertz CT molecular complexity index is 1070. The van der Waals surface area contributed by atoms with Crippen LogP contribution in [0.2, 0.25) is 0 Å². The van der Waals surface area contributed by atoms with E-state index in [2.05, 4.69) is 5.32 Å². The van der Waals surface area contributed by atoms with Gasteiger partial charge in [-0.05, 0) is 61.4 Å². The zero-order valence-electron chi connectivity index (χ0n) is 17.4. The van der Waals surface area contributed by atoms with Gasteiger partial charge in [-0.25, -0.2) is 12.7 Å². The molecule has 1 fully saturated rings. The highest BCUT2D eigenvalue weighted by atomic mass is 32.2. The molecule has 1 aliphatic heterocycles. The first-order valence-electron chi connectivity index (χ1n) is 9.40. The number of nitrogens with one attached hydrogen (secondary N) is 1.